The Morgan fingerprint density at radius 2 is 2.07 bits per heavy atom. The van der Waals surface area contributed by atoms with Crippen molar-refractivity contribution in [3.05, 3.63) is 53.6 Å². The predicted octanol–water partition coefficient (Wildman–Crippen LogP) is 3.15. The molecule has 9 heteroatoms. The van der Waals surface area contributed by atoms with Gasteiger partial charge < -0.3 is 10.0 Å². The Morgan fingerprint density at radius 3 is 2.76 bits per heavy atom. The molecule has 0 unspecified atom stereocenters. The van der Waals surface area contributed by atoms with Gasteiger partial charge in [-0.25, -0.2) is 13.5 Å². The number of aliphatic hydroxyl groups excluding tert-OH is 1. The lowest BCUT2D eigenvalue weighted by Crippen LogP contribution is -2.35. The number of amides is 1. The zero-order valence-electron chi connectivity index (χ0n) is 16.3. The van der Waals surface area contributed by atoms with Crippen LogP contribution in [0.3, 0.4) is 0 Å². The lowest BCUT2D eigenvalue weighted by Gasteiger charge is -2.25. The van der Waals surface area contributed by atoms with Gasteiger partial charge in [0.25, 0.3) is 5.92 Å². The highest BCUT2D eigenvalue weighted by atomic mass is 19.3. The summed E-state index contributed by atoms with van der Waals surface area (Å²) in [6, 6.07) is 6.98. The molecular weight excluding hydrogens is 380 g/mol. The van der Waals surface area contributed by atoms with E-state index in [1.165, 1.54) is 12.1 Å². The number of halogens is 2. The fourth-order valence-corrected chi connectivity index (χ4v) is 3.52. The molecule has 3 rings (SSSR count). The number of tetrazole rings is 1. The molecule has 1 atom stereocenters. The van der Waals surface area contributed by atoms with E-state index in [0.29, 0.717) is 32.2 Å². The average molecular weight is 405 g/mol. The number of nitrogens with zero attached hydrogens (tertiary/aromatic N) is 5. The van der Waals surface area contributed by atoms with Gasteiger partial charge in [0.15, 0.2) is 5.82 Å². The summed E-state index contributed by atoms with van der Waals surface area (Å²) in [5, 5.41) is 21.7. The van der Waals surface area contributed by atoms with Gasteiger partial charge in [0.05, 0.1) is 6.04 Å². The van der Waals surface area contributed by atoms with Crippen molar-refractivity contribution >= 4 is 5.91 Å². The number of aryl methyl sites for hydroxylation is 2. The van der Waals surface area contributed by atoms with Crippen LogP contribution in [0.1, 0.15) is 43.5 Å². The molecule has 1 aromatic carbocycles. The summed E-state index contributed by atoms with van der Waals surface area (Å²) >= 11 is 0. The Kier molecular flexibility index (Phi) is 6.56. The molecule has 0 bridgehead atoms. The van der Waals surface area contributed by atoms with E-state index < -0.39 is 18.4 Å². The van der Waals surface area contributed by atoms with Gasteiger partial charge in [0.2, 0.25) is 5.91 Å². The Hall–Kier alpha value is -2.84. The van der Waals surface area contributed by atoms with Crippen molar-refractivity contribution in [2.75, 3.05) is 6.54 Å². The van der Waals surface area contributed by atoms with Crippen LogP contribution in [0.15, 0.2) is 42.2 Å². The first-order chi connectivity index (χ1) is 13.9. The molecule has 1 fully saturated rings. The largest absolute Gasteiger partial charge is 0.510 e. The number of likely N-dealkylation sites (tertiary alicyclic amines) is 1. The highest BCUT2D eigenvalue weighted by Gasteiger charge is 2.35. The lowest BCUT2D eigenvalue weighted by molar-refractivity contribution is -0.128. The fraction of sp³-hybridized carbons (Fsp3) is 0.500. The number of unbranched alkanes of at least 4 members (excludes halogenated alkanes) is 1. The second-order valence-corrected chi connectivity index (χ2v) is 7.22. The number of alkyl halides is 2. The fourth-order valence-electron chi connectivity index (χ4n) is 3.52. The van der Waals surface area contributed by atoms with E-state index in [0.717, 1.165) is 18.3 Å². The molecule has 2 heterocycles. The van der Waals surface area contributed by atoms with Gasteiger partial charge in [-0.05, 0) is 35.8 Å². The van der Waals surface area contributed by atoms with Crippen LogP contribution in [0, 0.1) is 0 Å². The van der Waals surface area contributed by atoms with Crippen molar-refractivity contribution in [1.82, 2.24) is 25.1 Å². The molecule has 1 aliphatic heterocycles. The SMILES string of the molecule is Cn1nnnc1CCCCN1C(=O)CC[C@@H]1/C(O)=C\CC(F)(F)c1ccccc1. The van der Waals surface area contributed by atoms with Crippen molar-refractivity contribution < 1.29 is 18.7 Å². The molecule has 7 nitrogen and oxygen atoms in total. The van der Waals surface area contributed by atoms with Crippen LogP contribution in [-0.4, -0.2) is 48.7 Å². The summed E-state index contributed by atoms with van der Waals surface area (Å²) in [6.45, 7) is 0.460. The third-order valence-corrected chi connectivity index (χ3v) is 5.19. The van der Waals surface area contributed by atoms with Gasteiger partial charge in [-0.3, -0.25) is 4.79 Å². The molecule has 1 amide bonds. The molecule has 1 aliphatic rings. The standard InChI is InChI=1S/C20H25F2N5O2/c1-26-18(23-24-25-26)9-5-6-14-27-16(10-11-19(27)29)17(28)12-13-20(21,22)15-7-3-2-4-8-15/h2-4,7-8,12,16,28H,5-6,9-11,13-14H2,1H3/b17-12+/t16-/m1/s1. The zero-order chi connectivity index (χ0) is 20.9. The number of carbonyl (C=O) groups excluding carboxylic acids is 1. The van der Waals surface area contributed by atoms with Crippen LogP contribution in [-0.2, 0) is 24.2 Å². The van der Waals surface area contributed by atoms with E-state index in [4.69, 9.17) is 0 Å². The smallest absolute Gasteiger partial charge is 0.276 e. The Balaban J connectivity index is 1.55. The minimum atomic E-state index is -3.08. The Bertz CT molecular complexity index is 854. The second-order valence-electron chi connectivity index (χ2n) is 7.22. The predicted molar refractivity (Wildman–Crippen MR) is 102 cm³/mol. The highest BCUT2D eigenvalue weighted by Crippen LogP contribution is 2.33. The summed E-state index contributed by atoms with van der Waals surface area (Å²) in [7, 11) is 1.77. The van der Waals surface area contributed by atoms with E-state index in [1.54, 1.807) is 34.8 Å². The summed E-state index contributed by atoms with van der Waals surface area (Å²) in [4.78, 5) is 13.8. The van der Waals surface area contributed by atoms with Crippen molar-refractivity contribution in [2.45, 2.75) is 50.5 Å². The molecule has 29 heavy (non-hydrogen) atoms. The molecule has 0 radical (unpaired) electrons. The normalized spacial score (nSPS) is 17.9. The van der Waals surface area contributed by atoms with Crippen LogP contribution in [0.4, 0.5) is 8.78 Å². The van der Waals surface area contributed by atoms with Gasteiger partial charge in [-0.2, -0.15) is 0 Å². The minimum absolute atomic E-state index is 0.0647. The summed E-state index contributed by atoms with van der Waals surface area (Å²) in [5.41, 5.74) is -0.0957. The van der Waals surface area contributed by atoms with E-state index in [1.807, 2.05) is 0 Å². The van der Waals surface area contributed by atoms with Crippen LogP contribution in [0.25, 0.3) is 0 Å². The van der Waals surface area contributed by atoms with Crippen molar-refractivity contribution in [3.63, 3.8) is 0 Å². The first-order valence-corrected chi connectivity index (χ1v) is 9.71. The third kappa shape index (κ3) is 5.16. The molecular formula is C20H25F2N5O2. The summed E-state index contributed by atoms with van der Waals surface area (Å²) in [6.07, 6.45) is 3.45. The number of rotatable bonds is 9. The van der Waals surface area contributed by atoms with Gasteiger partial charge in [-0.15, -0.1) is 5.10 Å². The highest BCUT2D eigenvalue weighted by molar-refractivity contribution is 5.79. The third-order valence-electron chi connectivity index (χ3n) is 5.19. The van der Waals surface area contributed by atoms with Crippen LogP contribution in [0.2, 0.25) is 0 Å². The molecule has 1 saturated heterocycles. The number of hydrogen-bond acceptors (Lipinski definition) is 5. The van der Waals surface area contributed by atoms with Crippen LogP contribution >= 0.6 is 0 Å². The van der Waals surface area contributed by atoms with E-state index in [2.05, 4.69) is 15.5 Å². The molecule has 0 aliphatic carbocycles. The summed E-state index contributed by atoms with van der Waals surface area (Å²) < 4.78 is 30.3. The van der Waals surface area contributed by atoms with Crippen LogP contribution < -0.4 is 0 Å². The van der Waals surface area contributed by atoms with Gasteiger partial charge in [0.1, 0.15) is 5.76 Å². The van der Waals surface area contributed by atoms with Gasteiger partial charge in [-0.1, -0.05) is 30.3 Å². The molecule has 1 N–H and O–H groups in total. The number of benzene rings is 1. The number of carbonyl (C=O) groups is 1. The molecule has 2 aromatic rings. The first-order valence-electron chi connectivity index (χ1n) is 9.71. The van der Waals surface area contributed by atoms with E-state index in [-0.39, 0.29) is 17.2 Å². The van der Waals surface area contributed by atoms with Gasteiger partial charge in [0, 0.05) is 38.4 Å². The number of hydrogen-bond donors (Lipinski definition) is 1. The minimum Gasteiger partial charge on any atom is -0.510 e. The lowest BCUT2D eigenvalue weighted by atomic mass is 10.0. The monoisotopic (exact) mass is 405 g/mol. The van der Waals surface area contributed by atoms with E-state index >= 15 is 0 Å². The first kappa shape index (κ1) is 20.9. The maximum absolute atomic E-state index is 14.3. The Labute approximate surface area is 168 Å². The van der Waals surface area contributed by atoms with Crippen molar-refractivity contribution in [3.8, 4) is 0 Å². The van der Waals surface area contributed by atoms with Crippen molar-refractivity contribution in [2.24, 2.45) is 7.05 Å². The second kappa shape index (κ2) is 9.11. The molecule has 1 aromatic heterocycles. The topological polar surface area (TPSA) is 84.1 Å². The zero-order valence-corrected chi connectivity index (χ0v) is 16.3. The van der Waals surface area contributed by atoms with Crippen LogP contribution in [0.5, 0.6) is 0 Å². The summed E-state index contributed by atoms with van der Waals surface area (Å²) in [5.74, 6) is -2.54. The van der Waals surface area contributed by atoms with Crippen molar-refractivity contribution in [1.29, 1.82) is 0 Å². The maximum Gasteiger partial charge on any atom is 0.276 e. The molecule has 0 spiro atoms. The molecule has 0 saturated carbocycles. The number of allylic oxidation sites excluding steroid dienone is 1. The molecule has 156 valence electrons. The van der Waals surface area contributed by atoms with E-state index in [9.17, 15) is 18.7 Å². The Morgan fingerprint density at radius 1 is 1.31 bits per heavy atom. The quantitative estimate of drug-likeness (QED) is 0.512. The van der Waals surface area contributed by atoms with Gasteiger partial charge >= 0.3 is 0 Å². The average Bonchev–Trinajstić information content (AvgIpc) is 3.29. The maximum atomic E-state index is 14.3. The number of aromatic nitrogens is 4. The number of aliphatic hydroxyl groups is 1.